The number of rotatable bonds is 3. The highest BCUT2D eigenvalue weighted by Gasteiger charge is 2.42. The minimum absolute atomic E-state index is 0. The van der Waals surface area contributed by atoms with E-state index in [1.807, 2.05) is 0 Å². The molecule has 0 radical (unpaired) electrons. The number of anilines is 1. The molecule has 2 aromatic rings. The molecule has 5 nitrogen and oxygen atoms in total. The lowest BCUT2D eigenvalue weighted by atomic mass is 10.1. The molecule has 0 bridgehead atoms. The van der Waals surface area contributed by atoms with Crippen molar-refractivity contribution in [1.29, 1.82) is 0 Å². The van der Waals surface area contributed by atoms with E-state index >= 15 is 0 Å². The van der Waals surface area contributed by atoms with Gasteiger partial charge in [-0.05, 0) is 12.1 Å². The van der Waals surface area contributed by atoms with Gasteiger partial charge in [-0.3, -0.25) is 15.2 Å². The number of alkyl halides is 2. The predicted octanol–water partition coefficient (Wildman–Crippen LogP) is 2.71. The van der Waals surface area contributed by atoms with Gasteiger partial charge in [0.2, 0.25) is 5.91 Å². The van der Waals surface area contributed by atoms with E-state index in [0.29, 0.717) is 0 Å². The SMILES string of the molecule is Cl.O=C(Nc1cc(-c2cc(F)cc(F)c2)[nH]n1)C1CC(F)(F)CN1. The van der Waals surface area contributed by atoms with Gasteiger partial charge in [-0.15, -0.1) is 12.4 Å². The zero-order valence-electron chi connectivity index (χ0n) is 12.1. The molecule has 3 N–H and O–H groups in total. The Morgan fingerprint density at radius 3 is 2.46 bits per heavy atom. The van der Waals surface area contributed by atoms with Gasteiger partial charge in [0.05, 0.1) is 18.3 Å². The molecule has 3 rings (SSSR count). The Morgan fingerprint density at radius 2 is 1.88 bits per heavy atom. The molecule has 2 heterocycles. The van der Waals surface area contributed by atoms with Gasteiger partial charge in [-0.25, -0.2) is 17.6 Å². The highest BCUT2D eigenvalue weighted by atomic mass is 35.5. The van der Waals surface area contributed by atoms with Gasteiger partial charge in [-0.2, -0.15) is 5.10 Å². The number of H-pyrrole nitrogens is 1. The van der Waals surface area contributed by atoms with Crippen molar-refractivity contribution in [2.24, 2.45) is 0 Å². The number of carbonyl (C=O) groups is 1. The van der Waals surface area contributed by atoms with Gasteiger partial charge in [0.25, 0.3) is 5.92 Å². The second-order valence-electron chi connectivity index (χ2n) is 5.31. The molecule has 1 saturated heterocycles. The highest BCUT2D eigenvalue weighted by molar-refractivity contribution is 5.94. The average Bonchev–Trinajstić information content (AvgIpc) is 3.04. The topological polar surface area (TPSA) is 69.8 Å². The van der Waals surface area contributed by atoms with Crippen molar-refractivity contribution < 1.29 is 22.4 Å². The molecule has 1 atom stereocenters. The Kier molecular flexibility index (Phi) is 5.14. The summed E-state index contributed by atoms with van der Waals surface area (Å²) in [6.07, 6.45) is -0.592. The van der Waals surface area contributed by atoms with E-state index in [9.17, 15) is 22.4 Å². The fourth-order valence-electron chi connectivity index (χ4n) is 2.36. The lowest BCUT2D eigenvalue weighted by Crippen LogP contribution is -2.35. The Hall–Kier alpha value is -2.13. The zero-order valence-corrected chi connectivity index (χ0v) is 12.9. The molecule has 1 unspecified atom stereocenters. The fraction of sp³-hybridized carbons (Fsp3) is 0.286. The van der Waals surface area contributed by atoms with E-state index in [-0.39, 0.29) is 29.5 Å². The average molecular weight is 365 g/mol. The minimum Gasteiger partial charge on any atom is -0.308 e. The first-order valence-corrected chi connectivity index (χ1v) is 6.76. The normalized spacial score (nSPS) is 18.9. The van der Waals surface area contributed by atoms with E-state index in [2.05, 4.69) is 20.8 Å². The second-order valence-corrected chi connectivity index (χ2v) is 5.31. The Labute approximate surface area is 140 Å². The van der Waals surface area contributed by atoms with Crippen LogP contribution in [0.1, 0.15) is 6.42 Å². The summed E-state index contributed by atoms with van der Waals surface area (Å²) in [6.45, 7) is -0.556. The first kappa shape index (κ1) is 18.2. The van der Waals surface area contributed by atoms with Crippen molar-refractivity contribution in [3.63, 3.8) is 0 Å². The molecule has 1 aromatic carbocycles. The molecule has 0 aliphatic carbocycles. The summed E-state index contributed by atoms with van der Waals surface area (Å²) in [6, 6.07) is 3.27. The number of carbonyl (C=O) groups excluding carboxylic acids is 1. The van der Waals surface area contributed by atoms with Crippen LogP contribution < -0.4 is 10.6 Å². The molecule has 24 heavy (non-hydrogen) atoms. The van der Waals surface area contributed by atoms with Crippen LogP contribution in [0.15, 0.2) is 24.3 Å². The third-order valence-corrected chi connectivity index (χ3v) is 3.43. The van der Waals surface area contributed by atoms with Gasteiger partial charge in [0, 0.05) is 24.1 Å². The number of aromatic nitrogens is 2. The smallest absolute Gasteiger partial charge is 0.262 e. The maximum absolute atomic E-state index is 13.2. The van der Waals surface area contributed by atoms with Gasteiger partial charge in [0.15, 0.2) is 5.82 Å². The highest BCUT2D eigenvalue weighted by Crippen LogP contribution is 2.26. The maximum Gasteiger partial charge on any atom is 0.262 e. The second kappa shape index (κ2) is 6.78. The van der Waals surface area contributed by atoms with Crippen LogP contribution in [0.3, 0.4) is 0 Å². The number of benzene rings is 1. The molecule has 1 aliphatic heterocycles. The van der Waals surface area contributed by atoms with Crippen LogP contribution in [0.4, 0.5) is 23.4 Å². The monoisotopic (exact) mass is 364 g/mol. The van der Waals surface area contributed by atoms with E-state index in [0.717, 1.165) is 18.2 Å². The standard InChI is InChI=1S/C14H12F4N4O.ClH/c15-8-1-7(2-9(16)3-8)10-4-12(22-21-10)20-13(23)11-5-14(17,18)6-19-11;/h1-4,11,19H,5-6H2,(H2,20,21,22,23);1H. The molecule has 1 aliphatic rings. The number of nitrogens with one attached hydrogen (secondary N) is 3. The van der Waals surface area contributed by atoms with Crippen LogP contribution in [0.25, 0.3) is 11.3 Å². The van der Waals surface area contributed by atoms with Gasteiger partial charge in [-0.1, -0.05) is 0 Å². The number of amides is 1. The molecule has 0 spiro atoms. The summed E-state index contributed by atoms with van der Waals surface area (Å²) in [7, 11) is 0. The summed E-state index contributed by atoms with van der Waals surface area (Å²) in [5.41, 5.74) is 0.490. The molecular formula is C14H13ClF4N4O. The maximum atomic E-state index is 13.2. The lowest BCUT2D eigenvalue weighted by molar-refractivity contribution is -0.118. The van der Waals surface area contributed by atoms with E-state index in [1.165, 1.54) is 6.07 Å². The number of hydrogen-bond donors (Lipinski definition) is 3. The molecule has 0 saturated carbocycles. The van der Waals surface area contributed by atoms with Crippen molar-refractivity contribution in [2.45, 2.75) is 18.4 Å². The number of halogens is 5. The van der Waals surface area contributed by atoms with Gasteiger partial charge in [0.1, 0.15) is 11.6 Å². The largest absolute Gasteiger partial charge is 0.308 e. The zero-order chi connectivity index (χ0) is 16.6. The summed E-state index contributed by atoms with van der Waals surface area (Å²) in [4.78, 5) is 11.9. The van der Waals surface area contributed by atoms with Gasteiger partial charge < -0.3 is 5.32 Å². The fourth-order valence-corrected chi connectivity index (χ4v) is 2.36. The van der Waals surface area contributed by atoms with Crippen molar-refractivity contribution in [3.05, 3.63) is 35.9 Å². The van der Waals surface area contributed by atoms with Crippen LogP contribution in [0, 0.1) is 11.6 Å². The van der Waals surface area contributed by atoms with Crippen molar-refractivity contribution in [1.82, 2.24) is 15.5 Å². The quantitative estimate of drug-likeness (QED) is 0.733. The number of nitrogens with zero attached hydrogens (tertiary/aromatic N) is 1. The van der Waals surface area contributed by atoms with Crippen LogP contribution in [-0.4, -0.2) is 34.6 Å². The third-order valence-electron chi connectivity index (χ3n) is 3.43. The van der Waals surface area contributed by atoms with Crippen LogP contribution >= 0.6 is 12.4 Å². The van der Waals surface area contributed by atoms with Gasteiger partial charge >= 0.3 is 0 Å². The molecular weight excluding hydrogens is 352 g/mol. The molecule has 1 fully saturated rings. The molecule has 130 valence electrons. The summed E-state index contributed by atoms with van der Waals surface area (Å²) < 4.78 is 52.5. The van der Waals surface area contributed by atoms with E-state index < -0.39 is 42.5 Å². The Balaban J connectivity index is 0.00000208. The Bertz CT molecular complexity index is 732. The molecule has 1 aromatic heterocycles. The van der Waals surface area contributed by atoms with Crippen molar-refractivity contribution in [3.8, 4) is 11.3 Å². The van der Waals surface area contributed by atoms with Crippen LogP contribution in [0.5, 0.6) is 0 Å². The van der Waals surface area contributed by atoms with E-state index in [4.69, 9.17) is 0 Å². The van der Waals surface area contributed by atoms with Crippen LogP contribution in [0.2, 0.25) is 0 Å². The summed E-state index contributed by atoms with van der Waals surface area (Å²) in [5, 5.41) is 11.1. The number of aromatic amines is 1. The van der Waals surface area contributed by atoms with Crippen molar-refractivity contribution in [2.75, 3.05) is 11.9 Å². The summed E-state index contributed by atoms with van der Waals surface area (Å²) >= 11 is 0. The number of hydrogen-bond acceptors (Lipinski definition) is 3. The van der Waals surface area contributed by atoms with E-state index in [1.54, 1.807) is 0 Å². The lowest BCUT2D eigenvalue weighted by Gasteiger charge is -2.09. The minimum atomic E-state index is -2.92. The summed E-state index contributed by atoms with van der Waals surface area (Å²) in [5.74, 6) is -5.00. The van der Waals surface area contributed by atoms with Crippen molar-refractivity contribution >= 4 is 24.1 Å². The van der Waals surface area contributed by atoms with Crippen LogP contribution in [-0.2, 0) is 4.79 Å². The first-order chi connectivity index (χ1) is 10.8. The predicted molar refractivity (Wildman–Crippen MR) is 81.2 cm³/mol. The Morgan fingerprint density at radius 1 is 1.21 bits per heavy atom. The first-order valence-electron chi connectivity index (χ1n) is 6.76. The third kappa shape index (κ3) is 4.04. The molecule has 10 heteroatoms. The molecule has 1 amide bonds.